The highest BCUT2D eigenvalue weighted by Gasteiger charge is 2.51. The fraction of sp³-hybridized carbons (Fsp3) is 0.104. The van der Waals surface area contributed by atoms with E-state index in [1.54, 1.807) is 0 Å². The molecule has 0 saturated carbocycles. The van der Waals surface area contributed by atoms with Gasteiger partial charge in [0, 0.05) is 0 Å². The molecule has 0 amide bonds. The Morgan fingerprint density at radius 2 is 0.761 bits per heavy atom. The Morgan fingerprint density at radius 3 is 1.37 bits per heavy atom. The van der Waals surface area contributed by atoms with Gasteiger partial charge in [0.1, 0.15) is 0 Å². The third kappa shape index (κ3) is 6.20. The minimum atomic E-state index is -0.453. The Kier molecular flexibility index (Phi) is 9.43. The van der Waals surface area contributed by atoms with Gasteiger partial charge in [-0.05, 0) is 164 Å². The van der Waals surface area contributed by atoms with Crippen molar-refractivity contribution in [2.45, 2.75) is 44.4 Å². The summed E-state index contributed by atoms with van der Waals surface area (Å²) in [6, 6.07) is 85.2. The second-order valence-electron chi connectivity index (χ2n) is 18.9. The maximum atomic E-state index is 2.53. The van der Waals surface area contributed by atoms with Crippen LogP contribution in [-0.2, 0) is 11.8 Å². The van der Waals surface area contributed by atoms with Crippen molar-refractivity contribution < 1.29 is 0 Å². The second-order valence-corrected chi connectivity index (χ2v) is 18.9. The van der Waals surface area contributed by atoms with Crippen LogP contribution in [-0.4, -0.2) is 0 Å². The molecule has 0 fully saturated rings. The first-order valence-corrected chi connectivity index (χ1v) is 24.3. The molecule has 318 valence electrons. The predicted octanol–water partition coefficient (Wildman–Crippen LogP) is 18.3. The van der Waals surface area contributed by atoms with Gasteiger partial charge in [0.2, 0.25) is 0 Å². The highest BCUT2D eigenvalue weighted by Crippen LogP contribution is 2.63. The lowest BCUT2D eigenvalue weighted by molar-refractivity contribution is 0.667. The SMILES string of the molecule is CCCCCCc1ccc(-c2ccc3c(c2)C2(c4ccccc4-c4ccccc42)c2cc(-c4cccc(-c5c6ccccc6c(-c6ccc7ccccc7c6)c6ccccc56)c4)ccc2-3)cc1. The number of fused-ring (bicyclic) bond motifs is 13. The smallest absolute Gasteiger partial charge is 0.0654 e. The normalized spacial score (nSPS) is 13.0. The van der Waals surface area contributed by atoms with E-state index in [1.807, 2.05) is 0 Å². The highest BCUT2D eigenvalue weighted by molar-refractivity contribution is 6.22. The lowest BCUT2D eigenvalue weighted by Crippen LogP contribution is -2.26. The molecule has 0 unspecified atom stereocenters. The fourth-order valence-electron chi connectivity index (χ4n) is 12.1. The Hall–Kier alpha value is -7.80. The van der Waals surface area contributed by atoms with Crippen molar-refractivity contribution in [2.24, 2.45) is 0 Å². The lowest BCUT2D eigenvalue weighted by Gasteiger charge is -2.31. The van der Waals surface area contributed by atoms with Gasteiger partial charge in [-0.3, -0.25) is 0 Å². The maximum Gasteiger partial charge on any atom is 0.0725 e. The zero-order valence-electron chi connectivity index (χ0n) is 37.9. The third-order valence-corrected chi connectivity index (χ3v) is 15.2. The molecule has 0 aromatic heterocycles. The molecule has 2 aliphatic carbocycles. The zero-order valence-corrected chi connectivity index (χ0v) is 37.9. The van der Waals surface area contributed by atoms with Crippen LogP contribution in [0.5, 0.6) is 0 Å². The molecule has 67 heavy (non-hydrogen) atoms. The van der Waals surface area contributed by atoms with E-state index in [-0.39, 0.29) is 0 Å². The fourth-order valence-corrected chi connectivity index (χ4v) is 12.1. The van der Waals surface area contributed by atoms with E-state index in [2.05, 4.69) is 231 Å². The minimum Gasteiger partial charge on any atom is -0.0654 e. The summed E-state index contributed by atoms with van der Waals surface area (Å²) in [4.78, 5) is 0. The number of rotatable bonds is 9. The van der Waals surface area contributed by atoms with Crippen LogP contribution in [0.4, 0.5) is 0 Å². The summed E-state index contributed by atoms with van der Waals surface area (Å²) in [5.41, 5.74) is 21.7. The van der Waals surface area contributed by atoms with Crippen molar-refractivity contribution >= 4 is 32.3 Å². The minimum absolute atomic E-state index is 0.453. The van der Waals surface area contributed by atoms with Crippen molar-refractivity contribution in [2.75, 3.05) is 0 Å². The Balaban J connectivity index is 0.966. The van der Waals surface area contributed by atoms with Crippen LogP contribution >= 0.6 is 0 Å². The molecule has 0 radical (unpaired) electrons. The van der Waals surface area contributed by atoms with Crippen LogP contribution in [0.15, 0.2) is 224 Å². The molecule has 11 aromatic carbocycles. The summed E-state index contributed by atoms with van der Waals surface area (Å²) < 4.78 is 0. The molecule has 1 spiro atoms. The first-order valence-electron chi connectivity index (χ1n) is 24.3. The molecule has 2 aliphatic rings. The van der Waals surface area contributed by atoms with Crippen LogP contribution in [0, 0.1) is 0 Å². The number of unbranched alkanes of at least 4 members (excludes halogenated alkanes) is 3. The van der Waals surface area contributed by atoms with Gasteiger partial charge in [-0.1, -0.05) is 226 Å². The first kappa shape index (κ1) is 39.6. The van der Waals surface area contributed by atoms with Gasteiger partial charge in [0.25, 0.3) is 0 Å². The molecule has 0 nitrogen and oxygen atoms in total. The summed E-state index contributed by atoms with van der Waals surface area (Å²) in [6.07, 6.45) is 6.29. The van der Waals surface area contributed by atoms with Gasteiger partial charge in [-0.2, -0.15) is 0 Å². The zero-order chi connectivity index (χ0) is 44.5. The number of hydrogen-bond acceptors (Lipinski definition) is 0. The summed E-state index contributed by atoms with van der Waals surface area (Å²) in [7, 11) is 0. The highest BCUT2D eigenvalue weighted by atomic mass is 14.5. The molecule has 0 atom stereocenters. The molecular formula is C67H50. The standard InChI is InChI=1S/C67H50/c1-2-3-4-5-17-44-30-32-46(33-31-44)49-36-38-55-56-39-37-50(43-64(56)67(63(55)42-49)61-28-14-12-22-53(61)54-23-13-15-29-62(54)67)48-20-16-21-51(41-48)65-57-24-8-10-26-59(57)66(60-27-11-9-25-58(60)65)52-35-34-45-18-6-7-19-47(45)40-52/h6-16,18-43H,2-5,17H2,1H3. The molecule has 0 aliphatic heterocycles. The van der Waals surface area contributed by atoms with Crippen molar-refractivity contribution in [1.82, 2.24) is 0 Å². The quantitative estimate of drug-likeness (QED) is 0.100. The maximum absolute atomic E-state index is 2.53. The molecule has 13 rings (SSSR count). The molecular weight excluding hydrogens is 805 g/mol. The van der Waals surface area contributed by atoms with E-state index in [0.717, 1.165) is 6.42 Å². The summed E-state index contributed by atoms with van der Waals surface area (Å²) in [5, 5.41) is 7.58. The van der Waals surface area contributed by atoms with Crippen molar-refractivity contribution in [3.63, 3.8) is 0 Å². The topological polar surface area (TPSA) is 0 Å². The largest absolute Gasteiger partial charge is 0.0725 e. The monoisotopic (exact) mass is 854 g/mol. The lowest BCUT2D eigenvalue weighted by atomic mass is 9.70. The van der Waals surface area contributed by atoms with Gasteiger partial charge in [-0.25, -0.2) is 0 Å². The predicted molar refractivity (Wildman–Crippen MR) is 285 cm³/mol. The van der Waals surface area contributed by atoms with Crippen LogP contribution in [0.25, 0.3) is 99.1 Å². The summed E-state index contributed by atoms with van der Waals surface area (Å²) >= 11 is 0. The molecule has 0 N–H and O–H groups in total. The first-order chi connectivity index (χ1) is 33.2. The van der Waals surface area contributed by atoms with Crippen molar-refractivity contribution in [3.05, 3.63) is 252 Å². The molecule has 0 heterocycles. The third-order valence-electron chi connectivity index (χ3n) is 15.2. The average Bonchev–Trinajstić information content (AvgIpc) is 3.86. The average molecular weight is 855 g/mol. The van der Waals surface area contributed by atoms with Crippen molar-refractivity contribution in [3.8, 4) is 66.8 Å². The Morgan fingerprint density at radius 1 is 0.299 bits per heavy atom. The molecule has 0 heteroatoms. The van der Waals surface area contributed by atoms with Crippen LogP contribution in [0.3, 0.4) is 0 Å². The van der Waals surface area contributed by atoms with E-state index in [9.17, 15) is 0 Å². The van der Waals surface area contributed by atoms with Gasteiger partial charge in [0.05, 0.1) is 5.41 Å². The van der Waals surface area contributed by atoms with E-state index in [1.165, 1.54) is 153 Å². The van der Waals surface area contributed by atoms with Crippen LogP contribution < -0.4 is 0 Å². The van der Waals surface area contributed by atoms with Gasteiger partial charge in [-0.15, -0.1) is 0 Å². The van der Waals surface area contributed by atoms with E-state index in [0.29, 0.717) is 0 Å². The van der Waals surface area contributed by atoms with Gasteiger partial charge < -0.3 is 0 Å². The molecule has 0 saturated heterocycles. The second kappa shape index (κ2) is 16.0. The van der Waals surface area contributed by atoms with E-state index in [4.69, 9.17) is 0 Å². The number of aryl methyl sites for hydroxylation is 1. The van der Waals surface area contributed by atoms with Crippen LogP contribution in [0.2, 0.25) is 0 Å². The Bertz CT molecular complexity index is 3630. The van der Waals surface area contributed by atoms with E-state index < -0.39 is 5.41 Å². The number of hydrogen-bond donors (Lipinski definition) is 0. The Labute approximate surface area is 393 Å². The summed E-state index contributed by atoms with van der Waals surface area (Å²) in [5.74, 6) is 0. The van der Waals surface area contributed by atoms with Crippen LogP contribution in [0.1, 0.15) is 60.4 Å². The van der Waals surface area contributed by atoms with Gasteiger partial charge in [0.15, 0.2) is 0 Å². The molecule has 11 aromatic rings. The van der Waals surface area contributed by atoms with Gasteiger partial charge >= 0.3 is 0 Å². The van der Waals surface area contributed by atoms with E-state index >= 15 is 0 Å². The van der Waals surface area contributed by atoms with Crippen molar-refractivity contribution in [1.29, 1.82) is 0 Å². The summed E-state index contributed by atoms with van der Waals surface area (Å²) in [6.45, 7) is 2.28. The number of benzene rings is 11. The molecule has 0 bridgehead atoms.